The lowest BCUT2D eigenvalue weighted by Gasteiger charge is -2.13. The Hall–Kier alpha value is -3.01. The summed E-state index contributed by atoms with van der Waals surface area (Å²) in [6.45, 7) is 0.196. The number of hydrogen-bond acceptors (Lipinski definition) is 6. The Morgan fingerprint density at radius 1 is 1.06 bits per heavy atom. The van der Waals surface area contributed by atoms with Gasteiger partial charge in [-0.05, 0) is 47.2 Å². The van der Waals surface area contributed by atoms with Gasteiger partial charge in [0.05, 0.1) is 22.7 Å². The van der Waals surface area contributed by atoms with E-state index in [9.17, 15) is 18.3 Å². The van der Waals surface area contributed by atoms with Crippen LogP contribution in [0.1, 0.15) is 16.8 Å². The van der Waals surface area contributed by atoms with E-state index >= 15 is 0 Å². The average Bonchev–Trinajstić information content (AvgIpc) is 3.20. The minimum Gasteiger partial charge on any atom is -0.390 e. The number of nitrogens with zero attached hydrogens (tertiary/aromatic N) is 2. The molecule has 0 aliphatic heterocycles. The van der Waals surface area contributed by atoms with E-state index in [0.717, 1.165) is 38.9 Å². The van der Waals surface area contributed by atoms with Crippen LogP contribution >= 0.6 is 11.3 Å². The van der Waals surface area contributed by atoms with Crippen molar-refractivity contribution in [2.45, 2.75) is 25.2 Å². The van der Waals surface area contributed by atoms with Gasteiger partial charge < -0.3 is 16.2 Å². The van der Waals surface area contributed by atoms with Crippen LogP contribution in [0.4, 0.5) is 18.3 Å². The van der Waals surface area contributed by atoms with E-state index in [2.05, 4.69) is 15.3 Å². The topological polar surface area (TPSA) is 84.1 Å². The number of aliphatic hydroxyl groups is 1. The number of pyridine rings is 1. The van der Waals surface area contributed by atoms with Crippen molar-refractivity contribution in [3.8, 4) is 10.4 Å². The van der Waals surface area contributed by atoms with E-state index < -0.39 is 11.7 Å². The Morgan fingerprint density at radius 2 is 1.84 bits per heavy atom. The van der Waals surface area contributed by atoms with Gasteiger partial charge in [0.2, 0.25) is 0 Å². The van der Waals surface area contributed by atoms with E-state index in [0.29, 0.717) is 23.8 Å². The van der Waals surface area contributed by atoms with Gasteiger partial charge in [0, 0.05) is 30.4 Å². The third-order valence-corrected chi connectivity index (χ3v) is 6.15. The van der Waals surface area contributed by atoms with E-state index in [1.165, 1.54) is 23.5 Å². The number of anilines is 1. The van der Waals surface area contributed by atoms with Gasteiger partial charge in [-0.3, -0.25) is 4.98 Å². The molecule has 0 spiro atoms. The molecule has 0 amide bonds. The fraction of sp³-hybridized carbons (Fsp3) is 0.217. The highest BCUT2D eigenvalue weighted by atomic mass is 32.1. The molecule has 9 heteroatoms. The zero-order valence-electron chi connectivity index (χ0n) is 16.9. The predicted molar refractivity (Wildman–Crippen MR) is 120 cm³/mol. The second-order valence-corrected chi connectivity index (χ2v) is 8.43. The Morgan fingerprint density at radius 3 is 2.56 bits per heavy atom. The molecule has 0 radical (unpaired) electrons. The fourth-order valence-corrected chi connectivity index (χ4v) is 4.39. The van der Waals surface area contributed by atoms with E-state index in [4.69, 9.17) is 5.73 Å². The van der Waals surface area contributed by atoms with Gasteiger partial charge in [0.1, 0.15) is 0 Å². The number of nitrogens with two attached hydrogens (primary N) is 1. The Balaban J connectivity index is 1.43. The van der Waals surface area contributed by atoms with Crippen LogP contribution in [-0.2, 0) is 19.2 Å². The van der Waals surface area contributed by atoms with Crippen LogP contribution in [0.3, 0.4) is 0 Å². The van der Waals surface area contributed by atoms with Crippen LogP contribution in [0.25, 0.3) is 21.2 Å². The number of fused-ring (bicyclic) bond motifs is 1. The van der Waals surface area contributed by atoms with Crippen LogP contribution in [0, 0.1) is 0 Å². The monoisotopic (exact) mass is 458 g/mol. The van der Waals surface area contributed by atoms with Gasteiger partial charge >= 0.3 is 6.18 Å². The highest BCUT2D eigenvalue weighted by molar-refractivity contribution is 7.19. The highest BCUT2D eigenvalue weighted by Crippen LogP contribution is 2.35. The van der Waals surface area contributed by atoms with Gasteiger partial charge in [0.25, 0.3) is 0 Å². The van der Waals surface area contributed by atoms with Gasteiger partial charge in [-0.1, -0.05) is 35.6 Å². The lowest BCUT2D eigenvalue weighted by molar-refractivity contribution is -0.137. The second-order valence-electron chi connectivity index (χ2n) is 7.43. The first kappa shape index (κ1) is 22.2. The minimum absolute atomic E-state index is 0.195. The van der Waals surface area contributed by atoms with Crippen molar-refractivity contribution in [1.29, 1.82) is 0 Å². The molecule has 2 aromatic carbocycles. The summed E-state index contributed by atoms with van der Waals surface area (Å²) in [7, 11) is 0. The zero-order valence-corrected chi connectivity index (χ0v) is 17.7. The summed E-state index contributed by atoms with van der Waals surface area (Å²) in [5.41, 5.74) is 7.74. The molecular weight excluding hydrogens is 437 g/mol. The van der Waals surface area contributed by atoms with Crippen molar-refractivity contribution in [2.24, 2.45) is 5.73 Å². The number of alkyl halides is 3. The molecule has 0 saturated heterocycles. The number of benzene rings is 2. The maximum Gasteiger partial charge on any atom is 0.416 e. The van der Waals surface area contributed by atoms with Crippen molar-refractivity contribution in [2.75, 3.05) is 11.9 Å². The summed E-state index contributed by atoms with van der Waals surface area (Å²) in [5.74, 6) is 0. The summed E-state index contributed by atoms with van der Waals surface area (Å²) in [4.78, 5) is 9.45. The maximum absolute atomic E-state index is 12.7. The molecule has 0 aliphatic rings. The molecule has 1 unspecified atom stereocenters. The molecule has 0 fully saturated rings. The molecule has 0 aliphatic carbocycles. The molecule has 1 atom stereocenters. The summed E-state index contributed by atoms with van der Waals surface area (Å²) in [5, 5.41) is 15.6. The van der Waals surface area contributed by atoms with Crippen LogP contribution in [-0.4, -0.2) is 27.7 Å². The van der Waals surface area contributed by atoms with Crippen LogP contribution in [0.2, 0.25) is 0 Å². The van der Waals surface area contributed by atoms with Gasteiger partial charge in [-0.2, -0.15) is 13.2 Å². The molecule has 4 aromatic rings. The Labute approximate surface area is 186 Å². The number of aromatic nitrogens is 2. The molecule has 4 rings (SSSR count). The maximum atomic E-state index is 12.7. The molecule has 0 saturated carbocycles. The number of rotatable bonds is 7. The van der Waals surface area contributed by atoms with Crippen molar-refractivity contribution in [3.05, 3.63) is 77.7 Å². The third kappa shape index (κ3) is 5.07. The van der Waals surface area contributed by atoms with Gasteiger partial charge in [0.15, 0.2) is 5.13 Å². The highest BCUT2D eigenvalue weighted by Gasteiger charge is 2.29. The predicted octanol–water partition coefficient (Wildman–Crippen LogP) is 4.85. The normalized spacial score (nSPS) is 12.8. The van der Waals surface area contributed by atoms with Gasteiger partial charge in [-0.25, -0.2) is 4.98 Å². The summed E-state index contributed by atoms with van der Waals surface area (Å²) < 4.78 is 38.1. The number of nitrogens with one attached hydrogen (secondary N) is 1. The average molecular weight is 459 g/mol. The molecule has 166 valence electrons. The van der Waals surface area contributed by atoms with E-state index in [1.54, 1.807) is 12.4 Å². The molecule has 5 nitrogen and oxygen atoms in total. The van der Waals surface area contributed by atoms with Crippen LogP contribution < -0.4 is 11.1 Å². The quantitative estimate of drug-likeness (QED) is 0.369. The van der Waals surface area contributed by atoms with E-state index in [-0.39, 0.29) is 12.6 Å². The first-order valence-electron chi connectivity index (χ1n) is 9.94. The number of halogens is 3. The first-order chi connectivity index (χ1) is 15.3. The second kappa shape index (κ2) is 9.23. The molecule has 2 aromatic heterocycles. The number of thiazole rings is 1. The fourth-order valence-electron chi connectivity index (χ4n) is 3.41. The standard InChI is InChI=1S/C23H21F3N4OS/c24-23(25,26)18-5-1-14(2-6-18)9-19(27)12-29-22-30-20(13-31)21(32-22)16-3-4-17-11-28-8-7-15(17)10-16/h1-8,10-11,19,31H,9,12-13,27H2,(H,29,30). The van der Waals surface area contributed by atoms with Crippen LogP contribution in [0.15, 0.2) is 60.9 Å². The molecular formula is C23H21F3N4OS. The van der Waals surface area contributed by atoms with Crippen molar-refractivity contribution < 1.29 is 18.3 Å². The van der Waals surface area contributed by atoms with Crippen molar-refractivity contribution in [1.82, 2.24) is 9.97 Å². The minimum atomic E-state index is -4.35. The Kier molecular flexibility index (Phi) is 6.40. The largest absolute Gasteiger partial charge is 0.416 e. The lowest BCUT2D eigenvalue weighted by Crippen LogP contribution is -2.31. The molecule has 4 N–H and O–H groups in total. The molecule has 32 heavy (non-hydrogen) atoms. The zero-order chi connectivity index (χ0) is 22.7. The molecule has 2 heterocycles. The SMILES string of the molecule is NC(CNc1nc(CO)c(-c2ccc3cnccc3c2)s1)Cc1ccc(C(F)(F)F)cc1. The first-order valence-corrected chi connectivity index (χ1v) is 10.8. The number of aliphatic hydroxyl groups excluding tert-OH is 1. The van der Waals surface area contributed by atoms with Gasteiger partial charge in [-0.15, -0.1) is 0 Å². The smallest absolute Gasteiger partial charge is 0.390 e. The Bertz CT molecular complexity index is 1210. The summed E-state index contributed by atoms with van der Waals surface area (Å²) in [6.07, 6.45) is -0.396. The van der Waals surface area contributed by atoms with Crippen molar-refractivity contribution in [3.63, 3.8) is 0 Å². The summed E-state index contributed by atoms with van der Waals surface area (Å²) in [6, 6.07) is 12.6. The molecule has 0 bridgehead atoms. The number of hydrogen-bond donors (Lipinski definition) is 3. The third-order valence-electron chi connectivity index (χ3n) is 5.04. The summed E-state index contributed by atoms with van der Waals surface area (Å²) >= 11 is 1.42. The van der Waals surface area contributed by atoms with Crippen molar-refractivity contribution >= 4 is 27.2 Å². The van der Waals surface area contributed by atoms with E-state index in [1.807, 2.05) is 24.3 Å². The lowest BCUT2D eigenvalue weighted by atomic mass is 10.0. The van der Waals surface area contributed by atoms with Crippen LogP contribution in [0.5, 0.6) is 0 Å².